The number of hydrogen-bond acceptors (Lipinski definition) is 7. The van der Waals surface area contributed by atoms with Gasteiger partial charge in [0, 0.05) is 16.6 Å². The molecule has 1 aromatic heterocycles. The van der Waals surface area contributed by atoms with Gasteiger partial charge in [0.1, 0.15) is 0 Å². The Bertz CT molecular complexity index is 1120. The molecular weight excluding hydrogens is 492 g/mol. The number of esters is 2. The van der Waals surface area contributed by atoms with Crippen molar-refractivity contribution in [3.8, 4) is 0 Å². The third kappa shape index (κ3) is 7.95. The van der Waals surface area contributed by atoms with E-state index in [1.165, 1.54) is 31.0 Å². The third-order valence-corrected chi connectivity index (χ3v) is 7.54. The molecule has 1 saturated carbocycles. The number of amides is 1. The Morgan fingerprint density at radius 1 is 0.973 bits per heavy atom. The van der Waals surface area contributed by atoms with Crippen LogP contribution in [0.1, 0.15) is 94.3 Å². The Balaban J connectivity index is 1.57. The lowest BCUT2D eigenvalue weighted by molar-refractivity contribution is -0.119. The van der Waals surface area contributed by atoms with Gasteiger partial charge in [-0.2, -0.15) is 0 Å². The summed E-state index contributed by atoms with van der Waals surface area (Å²) in [5.74, 6) is -1.47. The van der Waals surface area contributed by atoms with E-state index >= 15 is 0 Å². The van der Waals surface area contributed by atoms with Gasteiger partial charge in [0.05, 0.1) is 29.2 Å². The number of aromatic amines is 1. The second-order valence-electron chi connectivity index (χ2n) is 9.24. The molecule has 1 aromatic carbocycles. The molecule has 3 rings (SSSR count). The zero-order valence-electron chi connectivity index (χ0n) is 21.8. The van der Waals surface area contributed by atoms with Crippen molar-refractivity contribution in [3.63, 3.8) is 0 Å². The molecule has 1 fully saturated rings. The number of carbonyl (C=O) groups excluding carboxylic acids is 4. The van der Waals surface area contributed by atoms with Crippen molar-refractivity contribution in [2.75, 3.05) is 19.0 Å². The third-order valence-electron chi connectivity index (χ3n) is 6.47. The average Bonchev–Trinajstić information content (AvgIpc) is 3.16. The minimum atomic E-state index is -0.650. The lowest BCUT2D eigenvalue weighted by Crippen LogP contribution is -2.36. The van der Waals surface area contributed by atoms with E-state index in [-0.39, 0.29) is 30.0 Å². The second-order valence-corrected chi connectivity index (χ2v) is 10.3. The van der Waals surface area contributed by atoms with Crippen LogP contribution in [0, 0.1) is 13.8 Å². The highest BCUT2D eigenvalue weighted by molar-refractivity contribution is 8.00. The lowest BCUT2D eigenvalue weighted by atomic mass is 9.97. The van der Waals surface area contributed by atoms with Gasteiger partial charge in [0.25, 0.3) is 0 Å². The summed E-state index contributed by atoms with van der Waals surface area (Å²) in [6.07, 6.45) is 7.99. The highest BCUT2D eigenvalue weighted by Crippen LogP contribution is 2.24. The van der Waals surface area contributed by atoms with Gasteiger partial charge in [0.2, 0.25) is 11.7 Å². The van der Waals surface area contributed by atoms with E-state index < -0.39 is 24.3 Å². The van der Waals surface area contributed by atoms with E-state index in [0.717, 1.165) is 25.7 Å². The van der Waals surface area contributed by atoms with Gasteiger partial charge < -0.3 is 19.8 Å². The molecule has 1 heterocycles. The fourth-order valence-electron chi connectivity index (χ4n) is 4.59. The number of aromatic nitrogens is 1. The molecule has 1 aliphatic carbocycles. The van der Waals surface area contributed by atoms with Crippen molar-refractivity contribution in [3.05, 3.63) is 52.3 Å². The van der Waals surface area contributed by atoms with Crippen LogP contribution >= 0.6 is 11.8 Å². The monoisotopic (exact) mass is 528 g/mol. The van der Waals surface area contributed by atoms with Crippen molar-refractivity contribution >= 4 is 35.4 Å². The van der Waals surface area contributed by atoms with Crippen LogP contribution in [0.15, 0.2) is 29.2 Å². The molecule has 0 spiro atoms. The number of Topliss-reactive ketones (excluding diaryl/α,β-unsaturated/α-hetero) is 1. The Morgan fingerprint density at radius 2 is 1.65 bits per heavy atom. The van der Waals surface area contributed by atoms with E-state index in [0.29, 0.717) is 27.3 Å². The first-order valence-electron chi connectivity index (χ1n) is 12.9. The van der Waals surface area contributed by atoms with Crippen LogP contribution in [0.4, 0.5) is 0 Å². The van der Waals surface area contributed by atoms with Crippen LogP contribution in [-0.2, 0) is 14.3 Å². The van der Waals surface area contributed by atoms with E-state index in [1.807, 2.05) is 0 Å². The number of benzene rings is 1. The molecular formula is C28H36N2O6S. The van der Waals surface area contributed by atoms with E-state index in [2.05, 4.69) is 10.3 Å². The molecule has 2 N–H and O–H groups in total. The predicted octanol–water partition coefficient (Wildman–Crippen LogP) is 5.17. The molecule has 37 heavy (non-hydrogen) atoms. The van der Waals surface area contributed by atoms with E-state index in [4.69, 9.17) is 9.47 Å². The van der Waals surface area contributed by atoms with Gasteiger partial charge in [0.15, 0.2) is 6.61 Å². The molecule has 0 bridgehead atoms. The standard InChI is InChI=1S/C28H36N2O6S/c1-4-35-28(34)25-18(2)26(29-19(25)3)22(31)16-36-27(33)21-14-10-11-15-23(21)37-17-24(32)30-20-12-8-6-5-7-9-13-20/h10-11,14-15,20,29H,4-9,12-13,16-17H2,1-3H3,(H,30,32). The van der Waals surface area contributed by atoms with Gasteiger partial charge in [-0.3, -0.25) is 9.59 Å². The molecule has 0 atom stereocenters. The summed E-state index contributed by atoms with van der Waals surface area (Å²) >= 11 is 1.27. The maximum absolute atomic E-state index is 12.8. The summed E-state index contributed by atoms with van der Waals surface area (Å²) in [5, 5.41) is 3.13. The first-order valence-corrected chi connectivity index (χ1v) is 13.9. The van der Waals surface area contributed by atoms with E-state index in [1.54, 1.807) is 45.0 Å². The van der Waals surface area contributed by atoms with Crippen LogP contribution in [0.5, 0.6) is 0 Å². The summed E-state index contributed by atoms with van der Waals surface area (Å²) in [4.78, 5) is 53.8. The summed E-state index contributed by atoms with van der Waals surface area (Å²) < 4.78 is 10.4. The fourth-order valence-corrected chi connectivity index (χ4v) is 5.45. The van der Waals surface area contributed by atoms with Crippen LogP contribution in [0.25, 0.3) is 0 Å². The average molecular weight is 529 g/mol. The molecule has 0 radical (unpaired) electrons. The first-order chi connectivity index (χ1) is 17.8. The molecule has 0 aliphatic heterocycles. The quantitative estimate of drug-likeness (QED) is 0.248. The van der Waals surface area contributed by atoms with Crippen LogP contribution in [0.3, 0.4) is 0 Å². The largest absolute Gasteiger partial charge is 0.462 e. The minimum Gasteiger partial charge on any atom is -0.462 e. The van der Waals surface area contributed by atoms with Crippen LogP contribution in [0.2, 0.25) is 0 Å². The van der Waals surface area contributed by atoms with Crippen molar-refractivity contribution in [1.82, 2.24) is 10.3 Å². The fraction of sp³-hybridized carbons (Fsp3) is 0.500. The number of hydrogen-bond donors (Lipinski definition) is 2. The number of carbonyl (C=O) groups is 4. The minimum absolute atomic E-state index is 0.0519. The van der Waals surface area contributed by atoms with Crippen molar-refractivity contribution in [1.29, 1.82) is 0 Å². The van der Waals surface area contributed by atoms with Gasteiger partial charge in [-0.15, -0.1) is 11.8 Å². The highest BCUT2D eigenvalue weighted by atomic mass is 32.2. The zero-order valence-corrected chi connectivity index (χ0v) is 22.6. The Hall–Kier alpha value is -3.07. The molecule has 0 saturated heterocycles. The molecule has 0 unspecified atom stereocenters. The van der Waals surface area contributed by atoms with Gasteiger partial charge in [-0.05, 0) is 51.3 Å². The second kappa shape index (κ2) is 14.0. The number of nitrogens with one attached hydrogen (secondary N) is 2. The van der Waals surface area contributed by atoms with Gasteiger partial charge in [-0.1, -0.05) is 44.2 Å². The number of ether oxygens (including phenoxy) is 2. The Morgan fingerprint density at radius 3 is 2.35 bits per heavy atom. The summed E-state index contributed by atoms with van der Waals surface area (Å²) in [7, 11) is 0. The van der Waals surface area contributed by atoms with Gasteiger partial charge >= 0.3 is 11.9 Å². The number of ketones is 1. The van der Waals surface area contributed by atoms with Gasteiger partial charge in [-0.25, -0.2) is 9.59 Å². The van der Waals surface area contributed by atoms with Crippen LogP contribution < -0.4 is 5.32 Å². The normalized spacial score (nSPS) is 14.4. The summed E-state index contributed by atoms with van der Waals surface area (Å²) in [6.45, 7) is 4.79. The molecule has 200 valence electrons. The molecule has 9 heteroatoms. The Labute approximate surface area is 222 Å². The number of rotatable bonds is 10. The maximum Gasteiger partial charge on any atom is 0.340 e. The van der Waals surface area contributed by atoms with Crippen molar-refractivity contribution in [2.45, 2.75) is 76.7 Å². The smallest absolute Gasteiger partial charge is 0.340 e. The number of thioether (sulfide) groups is 1. The van der Waals surface area contributed by atoms with Crippen LogP contribution in [-0.4, -0.2) is 53.6 Å². The molecule has 1 aliphatic rings. The molecule has 1 amide bonds. The highest BCUT2D eigenvalue weighted by Gasteiger charge is 2.24. The SMILES string of the molecule is CCOC(=O)c1c(C)[nH]c(C(=O)COC(=O)c2ccccc2SCC(=O)NC2CCCCCCC2)c1C. The maximum atomic E-state index is 12.8. The number of H-pyrrole nitrogens is 1. The summed E-state index contributed by atoms with van der Waals surface area (Å²) in [5.41, 5.74) is 1.80. The van der Waals surface area contributed by atoms with Crippen molar-refractivity contribution in [2.24, 2.45) is 0 Å². The zero-order chi connectivity index (χ0) is 26.8. The molecule has 8 nitrogen and oxygen atoms in total. The van der Waals surface area contributed by atoms with Crippen molar-refractivity contribution < 1.29 is 28.7 Å². The Kier molecular flexibility index (Phi) is 10.8. The van der Waals surface area contributed by atoms with E-state index in [9.17, 15) is 19.2 Å². The molecule has 2 aromatic rings. The lowest BCUT2D eigenvalue weighted by Gasteiger charge is -2.21. The topological polar surface area (TPSA) is 115 Å². The summed E-state index contributed by atoms with van der Waals surface area (Å²) in [6, 6.07) is 7.09. The predicted molar refractivity (Wildman–Crippen MR) is 142 cm³/mol. The number of aryl methyl sites for hydroxylation is 1. The first kappa shape index (κ1) is 28.5.